The lowest BCUT2D eigenvalue weighted by atomic mass is 10.1. The van der Waals surface area contributed by atoms with Gasteiger partial charge in [-0.05, 0) is 25.8 Å². The van der Waals surface area contributed by atoms with Crippen molar-refractivity contribution < 1.29 is 0 Å². The number of hydrogen-bond acceptors (Lipinski definition) is 6. The molecule has 7 heteroatoms. The zero-order chi connectivity index (χ0) is 15.1. The summed E-state index contributed by atoms with van der Waals surface area (Å²) >= 11 is 1.75. The topological polar surface area (TPSA) is 68.5 Å². The zero-order valence-electron chi connectivity index (χ0n) is 12.7. The molecule has 6 nitrogen and oxygen atoms in total. The van der Waals surface area contributed by atoms with E-state index in [1.54, 1.807) is 17.7 Å². The molecule has 0 fully saturated rings. The van der Waals surface area contributed by atoms with Crippen LogP contribution in [0.5, 0.6) is 0 Å². The second-order valence-corrected chi connectivity index (χ2v) is 6.78. The Morgan fingerprint density at radius 1 is 1.36 bits per heavy atom. The summed E-state index contributed by atoms with van der Waals surface area (Å²) in [7, 11) is 0. The second kappa shape index (κ2) is 5.31. The number of fused-ring (bicyclic) bond motifs is 2. The maximum Gasteiger partial charge on any atom is 0.138 e. The van der Waals surface area contributed by atoms with E-state index in [-0.39, 0.29) is 0 Å². The van der Waals surface area contributed by atoms with Gasteiger partial charge in [0.2, 0.25) is 0 Å². The molecule has 0 radical (unpaired) electrons. The smallest absolute Gasteiger partial charge is 0.138 e. The Morgan fingerprint density at radius 3 is 3.14 bits per heavy atom. The molecule has 4 heterocycles. The fraction of sp³-hybridized carbons (Fsp3) is 0.467. The van der Waals surface area contributed by atoms with Crippen LogP contribution in [0.25, 0.3) is 10.2 Å². The van der Waals surface area contributed by atoms with Crippen LogP contribution in [0.15, 0.2) is 12.4 Å². The van der Waals surface area contributed by atoms with Crippen LogP contribution in [0.1, 0.15) is 29.9 Å². The van der Waals surface area contributed by atoms with Crippen molar-refractivity contribution in [3.05, 3.63) is 28.9 Å². The predicted molar refractivity (Wildman–Crippen MR) is 87.3 cm³/mol. The van der Waals surface area contributed by atoms with E-state index in [0.29, 0.717) is 6.04 Å². The highest BCUT2D eigenvalue weighted by molar-refractivity contribution is 7.18. The molecule has 22 heavy (non-hydrogen) atoms. The third-order valence-electron chi connectivity index (χ3n) is 4.20. The van der Waals surface area contributed by atoms with Crippen molar-refractivity contribution in [2.45, 2.75) is 45.7 Å². The van der Waals surface area contributed by atoms with Gasteiger partial charge in [0.1, 0.15) is 28.6 Å². The van der Waals surface area contributed by atoms with Crippen LogP contribution in [-0.2, 0) is 19.4 Å². The molecule has 0 aromatic carbocycles. The van der Waals surface area contributed by atoms with Gasteiger partial charge in [-0.2, -0.15) is 0 Å². The lowest BCUT2D eigenvalue weighted by Crippen LogP contribution is -2.32. The number of aryl methyl sites for hydroxylation is 3. The van der Waals surface area contributed by atoms with Gasteiger partial charge in [-0.25, -0.2) is 9.97 Å². The summed E-state index contributed by atoms with van der Waals surface area (Å²) in [4.78, 5) is 11.3. The second-order valence-electron chi connectivity index (χ2n) is 5.66. The molecule has 3 aromatic rings. The number of rotatable bonds is 3. The van der Waals surface area contributed by atoms with E-state index in [9.17, 15) is 0 Å². The molecular weight excluding hydrogens is 296 g/mol. The van der Waals surface area contributed by atoms with Crippen molar-refractivity contribution in [3.8, 4) is 0 Å². The van der Waals surface area contributed by atoms with Crippen LogP contribution >= 0.6 is 11.3 Å². The van der Waals surface area contributed by atoms with Crippen molar-refractivity contribution in [1.82, 2.24) is 24.7 Å². The van der Waals surface area contributed by atoms with Gasteiger partial charge in [0.05, 0.1) is 5.39 Å². The van der Waals surface area contributed by atoms with Crippen molar-refractivity contribution in [2.75, 3.05) is 5.32 Å². The highest BCUT2D eigenvalue weighted by Crippen LogP contribution is 2.29. The van der Waals surface area contributed by atoms with Crippen molar-refractivity contribution >= 4 is 27.4 Å². The summed E-state index contributed by atoms with van der Waals surface area (Å²) in [6.07, 6.45) is 4.69. The van der Waals surface area contributed by atoms with Crippen LogP contribution in [0.4, 0.5) is 5.82 Å². The van der Waals surface area contributed by atoms with Gasteiger partial charge in [-0.15, -0.1) is 21.5 Å². The van der Waals surface area contributed by atoms with Gasteiger partial charge in [0.25, 0.3) is 0 Å². The summed E-state index contributed by atoms with van der Waals surface area (Å²) in [6, 6.07) is 2.56. The average molecular weight is 314 g/mol. The van der Waals surface area contributed by atoms with E-state index < -0.39 is 0 Å². The average Bonchev–Trinajstić information content (AvgIpc) is 3.12. The van der Waals surface area contributed by atoms with Gasteiger partial charge in [0.15, 0.2) is 0 Å². The van der Waals surface area contributed by atoms with Gasteiger partial charge >= 0.3 is 0 Å². The number of thiophene rings is 1. The molecule has 0 saturated carbocycles. The van der Waals surface area contributed by atoms with Crippen molar-refractivity contribution in [1.29, 1.82) is 0 Å². The Kier molecular flexibility index (Phi) is 3.29. The first-order chi connectivity index (χ1) is 10.7. The van der Waals surface area contributed by atoms with Crippen LogP contribution in [0.3, 0.4) is 0 Å². The van der Waals surface area contributed by atoms with E-state index >= 15 is 0 Å². The molecule has 1 unspecified atom stereocenters. The highest BCUT2D eigenvalue weighted by atomic mass is 32.1. The normalized spacial score (nSPS) is 17.6. The van der Waals surface area contributed by atoms with Gasteiger partial charge in [-0.3, -0.25) is 0 Å². The highest BCUT2D eigenvalue weighted by Gasteiger charge is 2.22. The Hall–Kier alpha value is -2.02. The Balaban J connectivity index is 1.62. The van der Waals surface area contributed by atoms with Crippen LogP contribution in [0, 0.1) is 6.92 Å². The molecule has 3 aromatic heterocycles. The molecule has 1 N–H and O–H groups in total. The van der Waals surface area contributed by atoms with Crippen LogP contribution in [-0.4, -0.2) is 30.8 Å². The first-order valence-corrected chi connectivity index (χ1v) is 8.45. The number of anilines is 1. The third-order valence-corrected chi connectivity index (χ3v) is 5.39. The maximum absolute atomic E-state index is 4.46. The Labute approximate surface area is 132 Å². The van der Waals surface area contributed by atoms with Crippen LogP contribution < -0.4 is 5.32 Å². The molecule has 1 atom stereocenters. The van der Waals surface area contributed by atoms with Crippen LogP contribution in [0.2, 0.25) is 0 Å². The van der Waals surface area contributed by atoms with Crippen molar-refractivity contribution in [2.24, 2.45) is 0 Å². The number of aromatic nitrogens is 5. The number of nitrogens with zero attached hydrogens (tertiary/aromatic N) is 5. The predicted octanol–water partition coefficient (Wildman–Crippen LogP) is 2.58. The fourth-order valence-electron chi connectivity index (χ4n) is 2.97. The molecule has 1 aliphatic heterocycles. The van der Waals surface area contributed by atoms with E-state index in [1.165, 1.54) is 4.88 Å². The van der Waals surface area contributed by atoms with E-state index in [2.05, 4.69) is 43.0 Å². The van der Waals surface area contributed by atoms with E-state index in [4.69, 9.17) is 0 Å². The minimum absolute atomic E-state index is 0.352. The standard InChI is InChI=1S/C15H18N6S/c1-3-11-6-12-14(16-8-17-15(12)22-11)18-10-4-5-13-20-19-9(2)21(13)7-10/h6,8,10H,3-5,7H2,1-2H3,(H,16,17,18). The summed E-state index contributed by atoms with van der Waals surface area (Å²) in [5.74, 6) is 3.02. The van der Waals surface area contributed by atoms with E-state index in [1.807, 2.05) is 6.92 Å². The molecule has 0 spiro atoms. The first kappa shape index (κ1) is 13.6. The SMILES string of the molecule is CCc1cc2c(NC3CCc4nnc(C)n4C3)ncnc2s1. The molecule has 1 aliphatic rings. The minimum Gasteiger partial charge on any atom is -0.365 e. The summed E-state index contributed by atoms with van der Waals surface area (Å²) in [5.41, 5.74) is 0. The molecule has 0 bridgehead atoms. The number of nitrogens with one attached hydrogen (secondary N) is 1. The Bertz CT molecular complexity index is 821. The monoisotopic (exact) mass is 314 g/mol. The molecule has 114 valence electrons. The lowest BCUT2D eigenvalue weighted by Gasteiger charge is -2.25. The summed E-state index contributed by atoms with van der Waals surface area (Å²) < 4.78 is 2.20. The Morgan fingerprint density at radius 2 is 2.27 bits per heavy atom. The third kappa shape index (κ3) is 2.25. The van der Waals surface area contributed by atoms with Gasteiger partial charge < -0.3 is 9.88 Å². The number of hydrogen-bond donors (Lipinski definition) is 1. The minimum atomic E-state index is 0.352. The summed E-state index contributed by atoms with van der Waals surface area (Å²) in [5, 5.41) is 13.1. The first-order valence-electron chi connectivity index (χ1n) is 7.63. The van der Waals surface area contributed by atoms with Crippen molar-refractivity contribution in [3.63, 3.8) is 0 Å². The summed E-state index contributed by atoms with van der Waals surface area (Å²) in [6.45, 7) is 5.07. The van der Waals surface area contributed by atoms with E-state index in [0.717, 1.165) is 53.5 Å². The molecule has 0 saturated heterocycles. The molecule has 0 aliphatic carbocycles. The molecule has 4 rings (SSSR count). The van der Waals surface area contributed by atoms with Gasteiger partial charge in [0, 0.05) is 23.9 Å². The largest absolute Gasteiger partial charge is 0.365 e. The van der Waals surface area contributed by atoms with Gasteiger partial charge in [-0.1, -0.05) is 6.92 Å². The lowest BCUT2D eigenvalue weighted by molar-refractivity contribution is 0.469. The molecule has 0 amide bonds. The zero-order valence-corrected chi connectivity index (χ0v) is 13.5. The fourth-order valence-corrected chi connectivity index (χ4v) is 3.90. The molecular formula is C15H18N6S. The maximum atomic E-state index is 4.46. The quantitative estimate of drug-likeness (QED) is 0.805.